The lowest BCUT2D eigenvalue weighted by Crippen LogP contribution is -2.45. The summed E-state index contributed by atoms with van der Waals surface area (Å²) in [5, 5.41) is 4.30. The van der Waals surface area contributed by atoms with Crippen molar-refractivity contribution in [3.63, 3.8) is 0 Å². The summed E-state index contributed by atoms with van der Waals surface area (Å²) >= 11 is 5.79. The molecule has 0 saturated carbocycles. The van der Waals surface area contributed by atoms with E-state index < -0.39 is 0 Å². The highest BCUT2D eigenvalue weighted by molar-refractivity contribution is 7.80. The number of allylic oxidation sites excluding steroid dienone is 2. The van der Waals surface area contributed by atoms with Crippen molar-refractivity contribution in [2.45, 2.75) is 26.2 Å². The molecule has 0 bridgehead atoms. The van der Waals surface area contributed by atoms with Crippen LogP contribution in [0.4, 0.5) is 5.69 Å². The molecule has 2 aliphatic rings. The van der Waals surface area contributed by atoms with E-state index in [4.69, 9.17) is 17.0 Å². The molecule has 1 atom stereocenters. The van der Waals surface area contributed by atoms with E-state index in [-0.39, 0.29) is 0 Å². The molecule has 1 aromatic rings. The van der Waals surface area contributed by atoms with Gasteiger partial charge in [0.05, 0.1) is 13.2 Å². The highest BCUT2D eigenvalue weighted by Crippen LogP contribution is 2.20. The average molecular weight is 374 g/mol. The number of nitrogens with one attached hydrogen (secondary N) is 1. The van der Waals surface area contributed by atoms with Crippen LogP contribution in [0.1, 0.15) is 24.8 Å². The topological polar surface area (TPSA) is 27.7 Å². The Hall–Kier alpha value is -1.43. The molecule has 1 saturated heterocycles. The van der Waals surface area contributed by atoms with Gasteiger partial charge in [0, 0.05) is 38.4 Å². The third-order valence-corrected chi connectivity index (χ3v) is 5.56. The van der Waals surface area contributed by atoms with Crippen LogP contribution in [0.15, 0.2) is 36.4 Å². The zero-order valence-corrected chi connectivity index (χ0v) is 16.6. The second-order valence-corrected chi connectivity index (χ2v) is 7.74. The lowest BCUT2D eigenvalue weighted by molar-refractivity contribution is 0.0356. The molecule has 0 unspecified atom stereocenters. The predicted molar refractivity (Wildman–Crippen MR) is 113 cm³/mol. The molecule has 3 rings (SSSR count). The van der Waals surface area contributed by atoms with E-state index in [2.05, 4.69) is 58.5 Å². The van der Waals surface area contributed by atoms with Crippen molar-refractivity contribution in [2.24, 2.45) is 5.92 Å². The summed E-state index contributed by atoms with van der Waals surface area (Å²) in [6, 6.07) is 8.42. The molecule has 1 heterocycles. The van der Waals surface area contributed by atoms with Gasteiger partial charge < -0.3 is 15.0 Å². The van der Waals surface area contributed by atoms with Gasteiger partial charge >= 0.3 is 0 Å². The Balaban J connectivity index is 1.60. The average Bonchev–Trinajstić information content (AvgIpc) is 2.66. The molecule has 1 aliphatic heterocycles. The van der Waals surface area contributed by atoms with E-state index in [9.17, 15) is 0 Å². The molecule has 1 aromatic carbocycles. The van der Waals surface area contributed by atoms with Gasteiger partial charge in [0.15, 0.2) is 5.11 Å². The number of ether oxygens (including phenoxy) is 1. The van der Waals surface area contributed by atoms with E-state index in [1.807, 2.05) is 0 Å². The number of morpholine rings is 1. The fourth-order valence-corrected chi connectivity index (χ4v) is 3.91. The van der Waals surface area contributed by atoms with Crippen LogP contribution in [0.3, 0.4) is 0 Å². The van der Waals surface area contributed by atoms with Crippen LogP contribution in [0.5, 0.6) is 0 Å². The number of hydrogen-bond donors (Lipinski definition) is 1. The highest BCUT2D eigenvalue weighted by atomic mass is 32.1. The second kappa shape index (κ2) is 10.0. The molecule has 5 heteroatoms. The van der Waals surface area contributed by atoms with Crippen LogP contribution in [0, 0.1) is 12.8 Å². The van der Waals surface area contributed by atoms with Gasteiger partial charge in [-0.05, 0) is 62.0 Å². The van der Waals surface area contributed by atoms with Crippen LogP contribution in [-0.4, -0.2) is 60.8 Å². The lowest BCUT2D eigenvalue weighted by Gasteiger charge is -2.34. The molecule has 0 spiro atoms. The third-order valence-electron chi connectivity index (χ3n) is 5.20. The van der Waals surface area contributed by atoms with Crippen molar-refractivity contribution in [3.05, 3.63) is 42.0 Å². The van der Waals surface area contributed by atoms with E-state index >= 15 is 0 Å². The van der Waals surface area contributed by atoms with Gasteiger partial charge in [-0.25, -0.2) is 0 Å². The standard InChI is InChI=1S/C21H31N3OS/c1-18-6-5-9-20(16-18)22-21(26)24(17-19-7-3-2-4-8-19)11-10-23-12-14-25-15-13-23/h2-3,5-6,9,16,19H,4,7-8,10-15,17H2,1H3,(H,22,26)/t19-/m1/s1. The van der Waals surface area contributed by atoms with Gasteiger partial charge in [-0.15, -0.1) is 0 Å². The van der Waals surface area contributed by atoms with Gasteiger partial charge in [0.1, 0.15) is 0 Å². The van der Waals surface area contributed by atoms with Gasteiger partial charge in [-0.2, -0.15) is 0 Å². The van der Waals surface area contributed by atoms with Crippen molar-refractivity contribution in [1.29, 1.82) is 0 Å². The predicted octanol–water partition coefficient (Wildman–Crippen LogP) is 3.68. The minimum atomic E-state index is 0.696. The Labute approximate surface area is 163 Å². The summed E-state index contributed by atoms with van der Waals surface area (Å²) in [7, 11) is 0. The first-order valence-corrected chi connectivity index (χ1v) is 10.2. The minimum absolute atomic E-state index is 0.696. The quantitative estimate of drug-likeness (QED) is 0.606. The summed E-state index contributed by atoms with van der Waals surface area (Å²) in [5.41, 5.74) is 2.32. The van der Waals surface area contributed by atoms with Gasteiger partial charge in [-0.3, -0.25) is 4.90 Å². The zero-order valence-electron chi connectivity index (χ0n) is 15.8. The molecule has 26 heavy (non-hydrogen) atoms. The normalized spacial score (nSPS) is 20.7. The monoisotopic (exact) mass is 373 g/mol. The summed E-state index contributed by atoms with van der Waals surface area (Å²) in [6.07, 6.45) is 8.25. The molecule has 1 fully saturated rings. The Morgan fingerprint density at radius 3 is 2.88 bits per heavy atom. The van der Waals surface area contributed by atoms with Crippen molar-refractivity contribution in [3.8, 4) is 0 Å². The first-order chi connectivity index (χ1) is 12.7. The molecule has 1 N–H and O–H groups in total. The van der Waals surface area contributed by atoms with Crippen molar-refractivity contribution >= 4 is 23.0 Å². The number of rotatable bonds is 6. The van der Waals surface area contributed by atoms with Crippen molar-refractivity contribution < 1.29 is 4.74 Å². The number of anilines is 1. The van der Waals surface area contributed by atoms with Crippen LogP contribution < -0.4 is 5.32 Å². The van der Waals surface area contributed by atoms with Crippen LogP contribution in [0.25, 0.3) is 0 Å². The molecular weight excluding hydrogens is 342 g/mol. The zero-order chi connectivity index (χ0) is 18.2. The molecule has 4 nitrogen and oxygen atoms in total. The van der Waals surface area contributed by atoms with Crippen LogP contribution in [0.2, 0.25) is 0 Å². The number of nitrogens with zero attached hydrogens (tertiary/aromatic N) is 2. The molecule has 0 radical (unpaired) electrons. The summed E-state index contributed by atoms with van der Waals surface area (Å²) in [5.74, 6) is 0.696. The minimum Gasteiger partial charge on any atom is -0.379 e. The van der Waals surface area contributed by atoms with Gasteiger partial charge in [-0.1, -0.05) is 24.3 Å². The van der Waals surface area contributed by atoms with Crippen molar-refractivity contribution in [1.82, 2.24) is 9.80 Å². The molecule has 0 aromatic heterocycles. The fraction of sp³-hybridized carbons (Fsp3) is 0.571. The maximum atomic E-state index is 5.79. The Kier molecular flexibility index (Phi) is 7.47. The number of aryl methyl sites for hydroxylation is 1. The second-order valence-electron chi connectivity index (χ2n) is 7.35. The van der Waals surface area contributed by atoms with Gasteiger partial charge in [0.2, 0.25) is 0 Å². The Morgan fingerprint density at radius 2 is 2.15 bits per heavy atom. The Bertz CT molecular complexity index is 613. The molecule has 0 amide bonds. The SMILES string of the molecule is Cc1cccc(NC(=S)N(CCN2CCOCC2)C[C@@H]2CC=CCC2)c1. The summed E-state index contributed by atoms with van der Waals surface area (Å²) in [4.78, 5) is 4.85. The van der Waals surface area contributed by atoms with Crippen molar-refractivity contribution in [2.75, 3.05) is 51.3 Å². The van der Waals surface area contributed by atoms with Crippen LogP contribution in [-0.2, 0) is 4.74 Å². The summed E-state index contributed by atoms with van der Waals surface area (Å²) < 4.78 is 5.46. The lowest BCUT2D eigenvalue weighted by atomic mass is 9.94. The van der Waals surface area contributed by atoms with E-state index in [1.54, 1.807) is 0 Å². The highest BCUT2D eigenvalue weighted by Gasteiger charge is 2.19. The van der Waals surface area contributed by atoms with Gasteiger partial charge in [0.25, 0.3) is 0 Å². The van der Waals surface area contributed by atoms with Crippen LogP contribution >= 0.6 is 12.2 Å². The first kappa shape index (κ1) is 19.3. The van der Waals surface area contributed by atoms with E-state index in [1.165, 1.54) is 24.8 Å². The van der Waals surface area contributed by atoms with E-state index in [0.717, 1.165) is 56.7 Å². The smallest absolute Gasteiger partial charge is 0.173 e. The Morgan fingerprint density at radius 1 is 1.31 bits per heavy atom. The first-order valence-electron chi connectivity index (χ1n) is 9.78. The number of thiocarbonyl (C=S) groups is 1. The molecular formula is C21H31N3OS. The third kappa shape index (κ3) is 6.08. The van der Waals surface area contributed by atoms with E-state index in [0.29, 0.717) is 5.92 Å². The maximum Gasteiger partial charge on any atom is 0.173 e. The number of hydrogen-bond acceptors (Lipinski definition) is 3. The fourth-order valence-electron chi connectivity index (χ4n) is 3.62. The summed E-state index contributed by atoms with van der Waals surface area (Å²) in [6.45, 7) is 8.90. The maximum absolute atomic E-state index is 5.79. The molecule has 142 valence electrons. The number of benzene rings is 1. The molecule has 1 aliphatic carbocycles. The largest absolute Gasteiger partial charge is 0.379 e.